The Kier molecular flexibility index (Phi) is 8.35. The Labute approximate surface area is 208 Å². The number of halogens is 1. The van der Waals surface area contributed by atoms with E-state index >= 15 is 0 Å². The number of primary amides is 1. The number of carbonyl (C=O) groups excluding carboxylic acids is 2. The summed E-state index contributed by atoms with van der Waals surface area (Å²) >= 11 is 0. The SMILES string of the molecule is CN1C(=O)CCOc2ccc(C#CC(C)(C)O)cc21.NC(=O)c1cc(Cc2cccc(F)n2)ccn1. The largest absolute Gasteiger partial charge is 0.491 e. The molecule has 4 rings (SSSR count). The molecule has 0 saturated heterocycles. The minimum atomic E-state index is -1.04. The van der Waals surface area contributed by atoms with Crippen molar-refractivity contribution in [1.29, 1.82) is 0 Å². The number of carbonyl (C=O) groups is 2. The highest BCUT2D eigenvalue weighted by atomic mass is 19.1. The van der Waals surface area contributed by atoms with Crippen LogP contribution in [0.2, 0.25) is 0 Å². The molecule has 0 unspecified atom stereocenters. The molecule has 2 amide bonds. The zero-order chi connectivity index (χ0) is 26.3. The maximum absolute atomic E-state index is 12.9. The highest BCUT2D eigenvalue weighted by molar-refractivity contribution is 5.95. The molecule has 2 aromatic heterocycles. The average molecular weight is 491 g/mol. The third-order valence-electron chi connectivity index (χ3n) is 5.02. The number of ether oxygens (including phenoxy) is 1. The molecular formula is C27H27FN4O4. The van der Waals surface area contributed by atoms with Gasteiger partial charge in [0.25, 0.3) is 5.91 Å². The molecule has 1 aliphatic rings. The summed E-state index contributed by atoms with van der Waals surface area (Å²) in [5.74, 6) is 5.24. The first-order chi connectivity index (χ1) is 17.0. The van der Waals surface area contributed by atoms with Gasteiger partial charge < -0.3 is 20.5 Å². The highest BCUT2D eigenvalue weighted by Crippen LogP contribution is 2.31. The van der Waals surface area contributed by atoms with Crippen molar-refractivity contribution >= 4 is 17.5 Å². The summed E-state index contributed by atoms with van der Waals surface area (Å²) in [6.45, 7) is 3.65. The zero-order valence-electron chi connectivity index (χ0n) is 20.3. The molecule has 186 valence electrons. The molecule has 36 heavy (non-hydrogen) atoms. The van der Waals surface area contributed by atoms with E-state index in [1.807, 2.05) is 6.07 Å². The van der Waals surface area contributed by atoms with Crippen molar-refractivity contribution in [1.82, 2.24) is 9.97 Å². The molecule has 0 saturated carbocycles. The Bertz CT molecular complexity index is 1330. The van der Waals surface area contributed by atoms with Gasteiger partial charge in [0, 0.05) is 30.9 Å². The molecule has 1 aliphatic heterocycles. The van der Waals surface area contributed by atoms with Gasteiger partial charge in [0.05, 0.1) is 18.7 Å². The van der Waals surface area contributed by atoms with Crippen LogP contribution < -0.4 is 15.4 Å². The molecule has 8 nitrogen and oxygen atoms in total. The molecule has 0 fully saturated rings. The number of anilines is 1. The summed E-state index contributed by atoms with van der Waals surface area (Å²) in [7, 11) is 1.73. The number of hydrogen-bond acceptors (Lipinski definition) is 6. The molecular weight excluding hydrogens is 463 g/mol. The van der Waals surface area contributed by atoms with E-state index in [1.165, 1.54) is 12.3 Å². The first-order valence-electron chi connectivity index (χ1n) is 11.2. The van der Waals surface area contributed by atoms with Gasteiger partial charge in [-0.1, -0.05) is 17.9 Å². The fourth-order valence-corrected chi connectivity index (χ4v) is 3.23. The lowest BCUT2D eigenvalue weighted by atomic mass is 10.1. The third kappa shape index (κ3) is 7.61. The normalized spacial score (nSPS) is 12.7. The van der Waals surface area contributed by atoms with E-state index in [-0.39, 0.29) is 11.6 Å². The van der Waals surface area contributed by atoms with Crippen molar-refractivity contribution in [3.8, 4) is 17.6 Å². The fraction of sp³-hybridized carbons (Fsp3) is 0.259. The topological polar surface area (TPSA) is 119 Å². The third-order valence-corrected chi connectivity index (χ3v) is 5.02. The molecule has 3 heterocycles. The number of nitrogens with zero attached hydrogens (tertiary/aromatic N) is 3. The van der Waals surface area contributed by atoms with E-state index in [1.54, 1.807) is 62.2 Å². The van der Waals surface area contributed by atoms with Crippen LogP contribution in [0.15, 0.2) is 54.7 Å². The maximum atomic E-state index is 12.9. The number of nitrogens with two attached hydrogens (primary N) is 1. The summed E-state index contributed by atoms with van der Waals surface area (Å²) in [5, 5.41) is 9.59. The van der Waals surface area contributed by atoms with Crippen LogP contribution in [-0.2, 0) is 11.2 Å². The van der Waals surface area contributed by atoms with E-state index in [9.17, 15) is 19.1 Å². The monoisotopic (exact) mass is 490 g/mol. The number of amides is 2. The van der Waals surface area contributed by atoms with Crippen LogP contribution in [0.3, 0.4) is 0 Å². The lowest BCUT2D eigenvalue weighted by Crippen LogP contribution is -2.25. The molecule has 3 aromatic rings. The number of aromatic nitrogens is 2. The van der Waals surface area contributed by atoms with E-state index < -0.39 is 17.5 Å². The Morgan fingerprint density at radius 1 is 1.25 bits per heavy atom. The molecule has 0 spiro atoms. The molecule has 0 atom stereocenters. The average Bonchev–Trinajstić information content (AvgIpc) is 2.96. The highest BCUT2D eigenvalue weighted by Gasteiger charge is 2.20. The van der Waals surface area contributed by atoms with E-state index in [4.69, 9.17) is 10.5 Å². The second-order valence-electron chi connectivity index (χ2n) is 8.58. The van der Waals surface area contributed by atoms with Crippen LogP contribution in [0.5, 0.6) is 5.75 Å². The van der Waals surface area contributed by atoms with Gasteiger partial charge in [0.1, 0.15) is 17.0 Å². The second kappa shape index (κ2) is 11.4. The van der Waals surface area contributed by atoms with Gasteiger partial charge in [0.2, 0.25) is 11.9 Å². The first-order valence-corrected chi connectivity index (χ1v) is 11.2. The lowest BCUT2D eigenvalue weighted by molar-refractivity contribution is -0.118. The van der Waals surface area contributed by atoms with Crippen LogP contribution in [0.1, 0.15) is 47.6 Å². The molecule has 9 heteroatoms. The van der Waals surface area contributed by atoms with Crippen LogP contribution in [0, 0.1) is 17.8 Å². The van der Waals surface area contributed by atoms with Crippen molar-refractivity contribution in [3.05, 3.63) is 83.2 Å². The molecule has 1 aromatic carbocycles. The van der Waals surface area contributed by atoms with Crippen molar-refractivity contribution in [2.45, 2.75) is 32.3 Å². The number of benzene rings is 1. The maximum Gasteiger partial charge on any atom is 0.267 e. The molecule has 0 radical (unpaired) electrons. The molecule has 0 aliphatic carbocycles. The van der Waals surface area contributed by atoms with Crippen molar-refractivity contribution in [3.63, 3.8) is 0 Å². The smallest absolute Gasteiger partial charge is 0.267 e. The minimum Gasteiger partial charge on any atom is -0.491 e. The second-order valence-corrected chi connectivity index (χ2v) is 8.58. The zero-order valence-corrected chi connectivity index (χ0v) is 20.3. The number of aliphatic hydroxyl groups is 1. The Balaban J connectivity index is 0.000000202. The van der Waals surface area contributed by atoms with Gasteiger partial charge in [0.15, 0.2) is 0 Å². The van der Waals surface area contributed by atoms with Crippen LogP contribution >= 0.6 is 0 Å². The van der Waals surface area contributed by atoms with E-state index in [0.717, 1.165) is 11.1 Å². The lowest BCUT2D eigenvalue weighted by Gasteiger charge is -2.16. The van der Waals surface area contributed by atoms with Gasteiger partial charge >= 0.3 is 0 Å². The van der Waals surface area contributed by atoms with E-state index in [2.05, 4.69) is 21.8 Å². The fourth-order valence-electron chi connectivity index (χ4n) is 3.23. The van der Waals surface area contributed by atoms with E-state index in [0.29, 0.717) is 36.6 Å². The Morgan fingerprint density at radius 3 is 2.72 bits per heavy atom. The predicted octanol–water partition coefficient (Wildman–Crippen LogP) is 2.86. The van der Waals surface area contributed by atoms with Crippen LogP contribution in [0.4, 0.5) is 10.1 Å². The summed E-state index contributed by atoms with van der Waals surface area (Å²) in [6, 6.07) is 13.3. The number of fused-ring (bicyclic) bond motifs is 1. The summed E-state index contributed by atoms with van der Waals surface area (Å²) < 4.78 is 18.4. The molecule has 3 N–H and O–H groups in total. The van der Waals surface area contributed by atoms with Gasteiger partial charge in [-0.25, -0.2) is 4.98 Å². The quantitative estimate of drug-likeness (QED) is 0.431. The van der Waals surface area contributed by atoms with Crippen LogP contribution in [0.25, 0.3) is 0 Å². The predicted molar refractivity (Wildman–Crippen MR) is 133 cm³/mol. The van der Waals surface area contributed by atoms with Gasteiger partial charge in [-0.15, -0.1) is 0 Å². The van der Waals surface area contributed by atoms with Crippen molar-refractivity contribution < 1.29 is 23.8 Å². The number of pyridine rings is 2. The van der Waals surface area contributed by atoms with Crippen molar-refractivity contribution in [2.75, 3.05) is 18.6 Å². The molecule has 0 bridgehead atoms. The minimum absolute atomic E-state index is 0.0198. The summed E-state index contributed by atoms with van der Waals surface area (Å²) in [5.41, 5.74) is 7.14. The Morgan fingerprint density at radius 2 is 2.03 bits per heavy atom. The van der Waals surface area contributed by atoms with Gasteiger partial charge in [-0.3, -0.25) is 14.6 Å². The standard InChI is InChI=1S/C15H17NO3.C12H10FN3O/c1-15(2,18)8-6-11-4-5-13-12(10-11)16(3)14(17)7-9-19-13;13-11-3-1-2-9(16-11)6-8-4-5-15-10(7-8)12(14)17/h4-5,10,18H,7,9H2,1-3H3;1-5,7H,6H2,(H2,14,17). The Hall–Kier alpha value is -4.29. The number of rotatable bonds is 3. The first kappa shape index (κ1) is 26.3. The van der Waals surface area contributed by atoms with Crippen LogP contribution in [-0.4, -0.2) is 46.1 Å². The van der Waals surface area contributed by atoms with Gasteiger partial charge in [-0.2, -0.15) is 4.39 Å². The number of hydrogen-bond donors (Lipinski definition) is 2. The summed E-state index contributed by atoms with van der Waals surface area (Å²) in [4.78, 5) is 31.9. The summed E-state index contributed by atoms with van der Waals surface area (Å²) in [6.07, 6.45) is 2.30. The van der Waals surface area contributed by atoms with Gasteiger partial charge in [-0.05, 0) is 61.9 Å². The van der Waals surface area contributed by atoms with Crippen molar-refractivity contribution in [2.24, 2.45) is 5.73 Å².